The molecule has 7 heteroatoms. The van der Waals surface area contributed by atoms with Crippen LogP contribution in [0.3, 0.4) is 0 Å². The van der Waals surface area contributed by atoms with Gasteiger partial charge < -0.3 is 14.4 Å². The van der Waals surface area contributed by atoms with Gasteiger partial charge >= 0.3 is 6.09 Å². The third kappa shape index (κ3) is 6.07. The third-order valence-corrected chi connectivity index (χ3v) is 6.27. The summed E-state index contributed by atoms with van der Waals surface area (Å²) in [6.07, 6.45) is 6.46. The molecule has 2 aromatic carbocycles. The Labute approximate surface area is 213 Å². The predicted molar refractivity (Wildman–Crippen MR) is 144 cm³/mol. The van der Waals surface area contributed by atoms with Crippen LogP contribution in [0.25, 0.3) is 17.0 Å². The Morgan fingerprint density at radius 2 is 1.81 bits per heavy atom. The molecule has 3 aromatic rings. The molecular formula is C29H34N4O3. The summed E-state index contributed by atoms with van der Waals surface area (Å²) in [6.45, 7) is 10.5. The maximum atomic E-state index is 12.8. The number of rotatable bonds is 6. The lowest BCUT2D eigenvalue weighted by Crippen LogP contribution is -2.46. The van der Waals surface area contributed by atoms with Crippen LogP contribution in [0.2, 0.25) is 0 Å². The van der Waals surface area contributed by atoms with E-state index in [-0.39, 0.29) is 0 Å². The van der Waals surface area contributed by atoms with Crippen LogP contribution in [-0.4, -0.2) is 61.0 Å². The summed E-state index contributed by atoms with van der Waals surface area (Å²) in [5.41, 5.74) is 2.84. The predicted octanol–water partition coefficient (Wildman–Crippen LogP) is 5.53. The average molecular weight is 487 g/mol. The largest absolute Gasteiger partial charge is 0.497 e. The van der Waals surface area contributed by atoms with Crippen molar-refractivity contribution < 1.29 is 14.3 Å². The number of ether oxygens (including phenoxy) is 2. The standard InChI is InChI=1S/C29H34N4O3/c1-29(2,3)36-28(34)33-21-23(26-19-22(20-30)8-13-27(26)33)7-5-6-14-31-15-17-32(18-16-31)24-9-11-25(35-4)12-10-24/h5,7-13,19,21H,6,14-18H2,1-4H3. The summed E-state index contributed by atoms with van der Waals surface area (Å²) in [5, 5.41) is 10.2. The molecule has 0 unspecified atom stereocenters. The molecule has 0 aliphatic carbocycles. The highest BCUT2D eigenvalue weighted by atomic mass is 16.6. The van der Waals surface area contributed by atoms with Gasteiger partial charge in [0, 0.05) is 55.6 Å². The minimum atomic E-state index is -0.590. The number of carbonyl (C=O) groups is 1. The first-order valence-electron chi connectivity index (χ1n) is 12.3. The first-order chi connectivity index (χ1) is 17.3. The molecule has 1 aromatic heterocycles. The molecule has 36 heavy (non-hydrogen) atoms. The minimum absolute atomic E-state index is 0.424. The maximum Gasteiger partial charge on any atom is 0.419 e. The fourth-order valence-corrected chi connectivity index (χ4v) is 4.41. The molecule has 0 spiro atoms. The molecule has 1 saturated heterocycles. The van der Waals surface area contributed by atoms with E-state index in [0.29, 0.717) is 5.56 Å². The topological polar surface area (TPSA) is 70.7 Å². The van der Waals surface area contributed by atoms with E-state index in [4.69, 9.17) is 9.47 Å². The first kappa shape index (κ1) is 25.3. The molecule has 0 atom stereocenters. The van der Waals surface area contributed by atoms with Gasteiger partial charge in [-0.1, -0.05) is 12.2 Å². The van der Waals surface area contributed by atoms with Gasteiger partial charge in [0.05, 0.1) is 24.3 Å². The van der Waals surface area contributed by atoms with Crippen molar-refractivity contribution in [2.45, 2.75) is 32.8 Å². The van der Waals surface area contributed by atoms with Gasteiger partial charge in [-0.15, -0.1) is 0 Å². The molecule has 0 radical (unpaired) electrons. The van der Waals surface area contributed by atoms with Gasteiger partial charge in [0.2, 0.25) is 0 Å². The van der Waals surface area contributed by atoms with Gasteiger partial charge in [0.15, 0.2) is 0 Å². The molecule has 1 aliphatic heterocycles. The van der Waals surface area contributed by atoms with Crippen molar-refractivity contribution in [1.29, 1.82) is 5.26 Å². The second kappa shape index (κ2) is 10.9. The van der Waals surface area contributed by atoms with Crippen molar-refractivity contribution in [3.8, 4) is 11.8 Å². The molecule has 0 N–H and O–H groups in total. The third-order valence-electron chi connectivity index (χ3n) is 6.27. The Morgan fingerprint density at radius 1 is 1.08 bits per heavy atom. The number of methoxy groups -OCH3 is 1. The number of piperazine rings is 1. The van der Waals surface area contributed by atoms with Crippen LogP contribution in [0.1, 0.15) is 38.3 Å². The summed E-state index contributed by atoms with van der Waals surface area (Å²) >= 11 is 0. The number of anilines is 1. The SMILES string of the molecule is COc1ccc(N2CCN(CCC=Cc3cn(C(=O)OC(C)(C)C)c4ccc(C#N)cc34)CC2)cc1. The van der Waals surface area contributed by atoms with Gasteiger partial charge in [0.1, 0.15) is 11.4 Å². The van der Waals surface area contributed by atoms with Crippen LogP contribution in [-0.2, 0) is 4.74 Å². The van der Waals surface area contributed by atoms with Crippen molar-refractivity contribution in [1.82, 2.24) is 9.47 Å². The molecular weight excluding hydrogens is 452 g/mol. The summed E-state index contributed by atoms with van der Waals surface area (Å²) in [5.74, 6) is 0.877. The van der Waals surface area contributed by atoms with Crippen LogP contribution in [0, 0.1) is 11.3 Å². The van der Waals surface area contributed by atoms with E-state index in [9.17, 15) is 10.1 Å². The molecule has 1 fully saturated rings. The van der Waals surface area contributed by atoms with Crippen molar-refractivity contribution in [3.63, 3.8) is 0 Å². The summed E-state index contributed by atoms with van der Waals surface area (Å²) in [6, 6.07) is 15.8. The van der Waals surface area contributed by atoms with Gasteiger partial charge in [-0.05, 0) is 69.7 Å². The quantitative estimate of drug-likeness (QED) is 0.456. The Kier molecular flexibility index (Phi) is 7.66. The van der Waals surface area contributed by atoms with Crippen LogP contribution in [0.4, 0.5) is 10.5 Å². The van der Waals surface area contributed by atoms with Crippen LogP contribution in [0.15, 0.2) is 54.7 Å². The van der Waals surface area contributed by atoms with E-state index >= 15 is 0 Å². The van der Waals surface area contributed by atoms with E-state index in [2.05, 4.69) is 34.1 Å². The highest BCUT2D eigenvalue weighted by Gasteiger charge is 2.21. The molecule has 7 nitrogen and oxygen atoms in total. The van der Waals surface area contributed by atoms with E-state index < -0.39 is 11.7 Å². The molecule has 0 bridgehead atoms. The van der Waals surface area contributed by atoms with Gasteiger partial charge in [-0.25, -0.2) is 4.79 Å². The maximum absolute atomic E-state index is 12.8. The lowest BCUT2D eigenvalue weighted by Gasteiger charge is -2.36. The van der Waals surface area contributed by atoms with E-state index in [1.54, 1.807) is 25.4 Å². The Hall–Kier alpha value is -3.76. The zero-order valence-corrected chi connectivity index (χ0v) is 21.5. The number of hydrogen-bond donors (Lipinski definition) is 0. The van der Waals surface area contributed by atoms with E-state index in [1.165, 1.54) is 10.3 Å². The Morgan fingerprint density at radius 3 is 2.44 bits per heavy atom. The van der Waals surface area contributed by atoms with Gasteiger partial charge in [0.25, 0.3) is 0 Å². The Bertz CT molecular complexity index is 1270. The molecule has 0 saturated carbocycles. The fraction of sp³-hybridized carbons (Fsp3) is 0.379. The summed E-state index contributed by atoms with van der Waals surface area (Å²) in [4.78, 5) is 17.7. The Balaban J connectivity index is 1.38. The summed E-state index contributed by atoms with van der Waals surface area (Å²) < 4.78 is 12.4. The van der Waals surface area contributed by atoms with Crippen molar-refractivity contribution in [2.75, 3.05) is 44.7 Å². The van der Waals surface area contributed by atoms with E-state index in [1.807, 2.05) is 45.0 Å². The van der Waals surface area contributed by atoms with Crippen LogP contribution >= 0.6 is 0 Å². The number of nitrogens with zero attached hydrogens (tertiary/aromatic N) is 4. The number of carbonyl (C=O) groups excluding carboxylic acids is 1. The molecule has 4 rings (SSSR count). The number of aromatic nitrogens is 1. The average Bonchev–Trinajstić information content (AvgIpc) is 3.24. The normalized spacial score (nSPS) is 14.8. The second-order valence-corrected chi connectivity index (χ2v) is 10.00. The lowest BCUT2D eigenvalue weighted by molar-refractivity contribution is 0.0544. The van der Waals surface area contributed by atoms with Crippen LogP contribution in [0.5, 0.6) is 5.75 Å². The number of benzene rings is 2. The highest BCUT2D eigenvalue weighted by molar-refractivity contribution is 5.96. The van der Waals surface area contributed by atoms with Gasteiger partial charge in [-0.2, -0.15) is 5.26 Å². The highest BCUT2D eigenvalue weighted by Crippen LogP contribution is 2.26. The number of hydrogen-bond acceptors (Lipinski definition) is 6. The van der Waals surface area contributed by atoms with E-state index in [0.717, 1.165) is 61.4 Å². The zero-order chi connectivity index (χ0) is 25.7. The molecule has 0 amide bonds. The fourth-order valence-electron chi connectivity index (χ4n) is 4.41. The molecule has 1 aliphatic rings. The smallest absolute Gasteiger partial charge is 0.419 e. The summed E-state index contributed by atoms with van der Waals surface area (Å²) in [7, 11) is 1.69. The molecule has 188 valence electrons. The lowest BCUT2D eigenvalue weighted by atomic mass is 10.1. The molecule has 2 heterocycles. The van der Waals surface area contributed by atoms with Crippen molar-refractivity contribution in [2.24, 2.45) is 0 Å². The van der Waals surface area contributed by atoms with Crippen LogP contribution < -0.4 is 9.64 Å². The zero-order valence-electron chi connectivity index (χ0n) is 21.5. The number of fused-ring (bicyclic) bond motifs is 1. The van der Waals surface area contributed by atoms with Crippen molar-refractivity contribution in [3.05, 3.63) is 65.9 Å². The monoisotopic (exact) mass is 486 g/mol. The van der Waals surface area contributed by atoms with Crippen molar-refractivity contribution >= 4 is 28.8 Å². The minimum Gasteiger partial charge on any atom is -0.497 e. The second-order valence-electron chi connectivity index (χ2n) is 10.00. The number of nitriles is 1. The first-order valence-corrected chi connectivity index (χ1v) is 12.3. The van der Waals surface area contributed by atoms with Gasteiger partial charge in [-0.3, -0.25) is 9.47 Å².